The maximum atomic E-state index is 10.3. The van der Waals surface area contributed by atoms with E-state index in [-0.39, 0.29) is 0 Å². The molecule has 0 aromatic carbocycles. The van der Waals surface area contributed by atoms with Crippen LogP contribution in [-0.2, 0) is 11.3 Å². The number of unbranched alkanes of at least 4 members (excludes halogenated alkanes) is 5. The van der Waals surface area contributed by atoms with Crippen LogP contribution in [0.15, 0.2) is 6.20 Å². The lowest BCUT2D eigenvalue weighted by Gasteiger charge is -2.14. The first-order valence-electron chi connectivity index (χ1n) is 7.58. The van der Waals surface area contributed by atoms with Crippen molar-refractivity contribution in [2.75, 3.05) is 13.7 Å². The number of aliphatic hydroxyl groups excluding tert-OH is 1. The highest BCUT2D eigenvalue weighted by molar-refractivity contribution is 6.31. The van der Waals surface area contributed by atoms with Crippen LogP contribution < -0.4 is 0 Å². The number of methoxy groups -OCH3 is 1. The molecule has 1 atom stereocenters. The van der Waals surface area contributed by atoms with E-state index >= 15 is 0 Å². The summed E-state index contributed by atoms with van der Waals surface area (Å²) in [5, 5.41) is 15.0. The summed E-state index contributed by atoms with van der Waals surface area (Å²) in [6.07, 6.45) is 9.10. The van der Waals surface area contributed by atoms with Crippen LogP contribution >= 0.6 is 11.6 Å². The molecule has 0 amide bonds. The fourth-order valence-electron chi connectivity index (χ4n) is 2.31. The number of aromatic nitrogens is 2. The summed E-state index contributed by atoms with van der Waals surface area (Å²) < 4.78 is 6.78. The zero-order valence-corrected chi connectivity index (χ0v) is 13.4. The van der Waals surface area contributed by atoms with E-state index in [2.05, 4.69) is 12.0 Å². The highest BCUT2D eigenvalue weighted by atomic mass is 35.5. The Bertz CT molecular complexity index is 369. The number of ether oxygens (including phenoxy) is 1. The van der Waals surface area contributed by atoms with Gasteiger partial charge in [-0.2, -0.15) is 5.10 Å². The second kappa shape index (κ2) is 10.2. The Morgan fingerprint density at radius 2 is 2.00 bits per heavy atom. The molecule has 1 heterocycles. The molecule has 5 heteroatoms. The minimum Gasteiger partial charge on any atom is -0.387 e. The van der Waals surface area contributed by atoms with Crippen molar-refractivity contribution in [3.8, 4) is 0 Å². The molecule has 20 heavy (non-hydrogen) atoms. The molecule has 1 N–H and O–H groups in total. The summed E-state index contributed by atoms with van der Waals surface area (Å²) in [7, 11) is 1.65. The van der Waals surface area contributed by atoms with Gasteiger partial charge in [-0.05, 0) is 6.42 Å². The first-order valence-corrected chi connectivity index (χ1v) is 7.96. The summed E-state index contributed by atoms with van der Waals surface area (Å²) in [6, 6.07) is 0. The van der Waals surface area contributed by atoms with Gasteiger partial charge in [-0.25, -0.2) is 0 Å². The topological polar surface area (TPSA) is 47.3 Å². The Morgan fingerprint density at radius 1 is 1.30 bits per heavy atom. The lowest BCUT2D eigenvalue weighted by molar-refractivity contribution is 0.143. The zero-order valence-electron chi connectivity index (χ0n) is 12.6. The van der Waals surface area contributed by atoms with Gasteiger partial charge in [0.05, 0.1) is 36.2 Å². The molecular weight excluding hydrogens is 276 g/mol. The number of nitrogens with zero attached hydrogens (tertiary/aromatic N) is 2. The standard InChI is InChI=1S/C15H27ClN2O2/c1-3-4-5-6-7-8-9-14(19)15-13(16)12-17-18(15)10-11-20-2/h12,14,19H,3-11H2,1-2H3. The van der Waals surface area contributed by atoms with Crippen LogP contribution in [-0.4, -0.2) is 28.6 Å². The van der Waals surface area contributed by atoms with E-state index < -0.39 is 6.10 Å². The van der Waals surface area contributed by atoms with Crippen LogP contribution in [0.3, 0.4) is 0 Å². The van der Waals surface area contributed by atoms with Gasteiger partial charge in [-0.1, -0.05) is 57.0 Å². The van der Waals surface area contributed by atoms with Crippen molar-refractivity contribution in [1.82, 2.24) is 9.78 Å². The third-order valence-electron chi connectivity index (χ3n) is 3.49. The Balaban J connectivity index is 2.38. The van der Waals surface area contributed by atoms with E-state index in [0.29, 0.717) is 18.2 Å². The molecule has 1 aromatic heterocycles. The molecule has 1 aromatic rings. The van der Waals surface area contributed by atoms with E-state index in [1.165, 1.54) is 32.1 Å². The Hall–Kier alpha value is -0.580. The average molecular weight is 303 g/mol. The fourth-order valence-corrected chi connectivity index (χ4v) is 2.58. The quantitative estimate of drug-likeness (QED) is 0.629. The van der Waals surface area contributed by atoms with Gasteiger partial charge < -0.3 is 9.84 Å². The number of hydrogen-bond donors (Lipinski definition) is 1. The molecule has 0 aliphatic rings. The first-order chi connectivity index (χ1) is 9.70. The molecule has 0 aliphatic heterocycles. The molecule has 116 valence electrons. The molecule has 0 saturated carbocycles. The molecule has 1 rings (SSSR count). The van der Waals surface area contributed by atoms with Crippen molar-refractivity contribution in [3.05, 3.63) is 16.9 Å². The van der Waals surface area contributed by atoms with Crippen molar-refractivity contribution >= 4 is 11.6 Å². The molecule has 4 nitrogen and oxygen atoms in total. The summed E-state index contributed by atoms with van der Waals surface area (Å²) in [5.74, 6) is 0. The van der Waals surface area contributed by atoms with E-state index in [0.717, 1.165) is 18.5 Å². The second-order valence-electron chi connectivity index (χ2n) is 5.17. The monoisotopic (exact) mass is 302 g/mol. The Kier molecular flexibility index (Phi) is 8.90. The smallest absolute Gasteiger partial charge is 0.0971 e. The SMILES string of the molecule is CCCCCCCCC(O)c1c(Cl)cnn1CCOC. The van der Waals surface area contributed by atoms with Gasteiger partial charge in [0.25, 0.3) is 0 Å². The molecule has 0 saturated heterocycles. The minimum absolute atomic E-state index is 0.534. The van der Waals surface area contributed by atoms with Crippen LogP contribution in [0.25, 0.3) is 0 Å². The van der Waals surface area contributed by atoms with Crippen LogP contribution in [0.4, 0.5) is 0 Å². The highest BCUT2D eigenvalue weighted by Crippen LogP contribution is 2.26. The van der Waals surface area contributed by atoms with Crippen molar-refractivity contribution < 1.29 is 9.84 Å². The van der Waals surface area contributed by atoms with Crippen molar-refractivity contribution in [2.24, 2.45) is 0 Å². The van der Waals surface area contributed by atoms with Crippen LogP contribution in [0.2, 0.25) is 5.02 Å². The predicted octanol–water partition coefficient (Wildman–Crippen LogP) is 3.97. The summed E-state index contributed by atoms with van der Waals surface area (Å²) in [6.45, 7) is 3.40. The lowest BCUT2D eigenvalue weighted by atomic mass is 10.1. The predicted molar refractivity (Wildman–Crippen MR) is 82.1 cm³/mol. The molecule has 0 bridgehead atoms. The maximum Gasteiger partial charge on any atom is 0.0971 e. The van der Waals surface area contributed by atoms with Crippen LogP contribution in [0, 0.1) is 0 Å². The molecule has 0 radical (unpaired) electrons. The van der Waals surface area contributed by atoms with E-state index in [4.69, 9.17) is 16.3 Å². The van der Waals surface area contributed by atoms with Crippen LogP contribution in [0.5, 0.6) is 0 Å². The molecule has 0 spiro atoms. The van der Waals surface area contributed by atoms with Gasteiger partial charge in [0.1, 0.15) is 0 Å². The third kappa shape index (κ3) is 5.81. The zero-order chi connectivity index (χ0) is 14.8. The second-order valence-corrected chi connectivity index (χ2v) is 5.57. The first kappa shape index (κ1) is 17.5. The number of halogens is 1. The van der Waals surface area contributed by atoms with Crippen molar-refractivity contribution in [2.45, 2.75) is 64.5 Å². The van der Waals surface area contributed by atoms with Gasteiger partial charge in [-0.3, -0.25) is 4.68 Å². The molecule has 0 aliphatic carbocycles. The number of rotatable bonds is 11. The van der Waals surface area contributed by atoms with Crippen molar-refractivity contribution in [3.63, 3.8) is 0 Å². The Morgan fingerprint density at radius 3 is 2.70 bits per heavy atom. The van der Waals surface area contributed by atoms with Crippen molar-refractivity contribution in [1.29, 1.82) is 0 Å². The number of hydrogen-bond acceptors (Lipinski definition) is 3. The van der Waals surface area contributed by atoms with Crippen LogP contribution in [0.1, 0.15) is 63.7 Å². The highest BCUT2D eigenvalue weighted by Gasteiger charge is 2.17. The summed E-state index contributed by atoms with van der Waals surface area (Å²) in [4.78, 5) is 0. The average Bonchev–Trinajstić information content (AvgIpc) is 2.81. The number of aliphatic hydroxyl groups is 1. The lowest BCUT2D eigenvalue weighted by Crippen LogP contribution is -2.13. The van der Waals surface area contributed by atoms with Gasteiger partial charge in [0.15, 0.2) is 0 Å². The maximum absolute atomic E-state index is 10.3. The summed E-state index contributed by atoms with van der Waals surface area (Å²) in [5.41, 5.74) is 0.720. The molecule has 0 fully saturated rings. The van der Waals surface area contributed by atoms with Gasteiger partial charge in [-0.15, -0.1) is 0 Å². The third-order valence-corrected chi connectivity index (χ3v) is 3.78. The largest absolute Gasteiger partial charge is 0.387 e. The van der Waals surface area contributed by atoms with E-state index in [9.17, 15) is 5.11 Å². The summed E-state index contributed by atoms with van der Waals surface area (Å²) >= 11 is 6.12. The van der Waals surface area contributed by atoms with E-state index in [1.54, 1.807) is 18.0 Å². The van der Waals surface area contributed by atoms with Gasteiger partial charge >= 0.3 is 0 Å². The van der Waals surface area contributed by atoms with Gasteiger partial charge in [0.2, 0.25) is 0 Å². The van der Waals surface area contributed by atoms with E-state index in [1.807, 2.05) is 0 Å². The minimum atomic E-state index is -0.534. The normalized spacial score (nSPS) is 12.8. The molecular formula is C15H27ClN2O2. The Labute approximate surface area is 127 Å². The molecule has 1 unspecified atom stereocenters. The van der Waals surface area contributed by atoms with Gasteiger partial charge in [0, 0.05) is 7.11 Å². The fraction of sp³-hybridized carbons (Fsp3) is 0.800.